The number of nitrogens with one attached hydrogen (secondary N) is 1. The smallest absolute Gasteiger partial charge is 0.254 e. The van der Waals surface area contributed by atoms with Gasteiger partial charge >= 0.3 is 0 Å². The van der Waals surface area contributed by atoms with Crippen molar-refractivity contribution in [3.63, 3.8) is 0 Å². The first kappa shape index (κ1) is 10.8. The lowest BCUT2D eigenvalue weighted by molar-refractivity contribution is -0.124. The van der Waals surface area contributed by atoms with Gasteiger partial charge in [-0.25, -0.2) is 4.39 Å². The maximum Gasteiger partial charge on any atom is 0.254 e. The van der Waals surface area contributed by atoms with Crippen LogP contribution in [-0.2, 0) is 9.59 Å². The Morgan fingerprint density at radius 2 is 2.12 bits per heavy atom. The van der Waals surface area contributed by atoms with Gasteiger partial charge in [0, 0.05) is 16.2 Å². The normalized spacial score (nSPS) is 18.0. The minimum absolute atomic E-state index is 0.0230. The number of amides is 2. The molecule has 0 radical (unpaired) electrons. The fourth-order valence-electron chi connectivity index (χ4n) is 1.43. The van der Waals surface area contributed by atoms with Gasteiger partial charge in [0.1, 0.15) is 5.82 Å². The fraction of sp³-hybridized carbons (Fsp3) is 0.0909. The second kappa shape index (κ2) is 4.06. The molecular formula is C11H7ClFNO2. The lowest BCUT2D eigenvalue weighted by atomic mass is 10.1. The molecule has 1 aliphatic rings. The van der Waals surface area contributed by atoms with Gasteiger partial charge in [0.05, 0.1) is 6.42 Å². The van der Waals surface area contributed by atoms with Crippen LogP contribution in [0.2, 0.25) is 5.02 Å². The van der Waals surface area contributed by atoms with Crippen molar-refractivity contribution in [2.24, 2.45) is 0 Å². The van der Waals surface area contributed by atoms with Crippen LogP contribution in [0.3, 0.4) is 0 Å². The Labute approximate surface area is 95.9 Å². The van der Waals surface area contributed by atoms with Crippen LogP contribution < -0.4 is 5.32 Å². The van der Waals surface area contributed by atoms with Crippen LogP contribution in [0.5, 0.6) is 0 Å². The van der Waals surface area contributed by atoms with E-state index in [4.69, 9.17) is 11.6 Å². The topological polar surface area (TPSA) is 46.2 Å². The molecule has 16 heavy (non-hydrogen) atoms. The average Bonchev–Trinajstić information content (AvgIpc) is 2.51. The van der Waals surface area contributed by atoms with Gasteiger partial charge in [-0.1, -0.05) is 11.6 Å². The van der Waals surface area contributed by atoms with Crippen molar-refractivity contribution >= 4 is 29.5 Å². The quantitative estimate of drug-likeness (QED) is 0.601. The molecule has 0 saturated carbocycles. The molecule has 3 nitrogen and oxygen atoms in total. The Morgan fingerprint density at radius 1 is 1.38 bits per heavy atom. The summed E-state index contributed by atoms with van der Waals surface area (Å²) in [5.41, 5.74) is 0.443. The Hall–Kier alpha value is -1.68. The fourth-order valence-corrected chi connectivity index (χ4v) is 1.61. The monoisotopic (exact) mass is 239 g/mol. The predicted octanol–water partition coefficient (Wildman–Crippen LogP) is 1.91. The van der Waals surface area contributed by atoms with Crippen molar-refractivity contribution in [1.82, 2.24) is 5.32 Å². The first-order valence-electron chi connectivity index (χ1n) is 4.56. The first-order valence-corrected chi connectivity index (χ1v) is 4.94. The van der Waals surface area contributed by atoms with Crippen molar-refractivity contribution < 1.29 is 14.0 Å². The molecular weight excluding hydrogens is 233 g/mol. The Morgan fingerprint density at radius 3 is 2.75 bits per heavy atom. The van der Waals surface area contributed by atoms with Crippen LogP contribution in [0.25, 0.3) is 6.08 Å². The van der Waals surface area contributed by atoms with Crippen LogP contribution in [0, 0.1) is 5.82 Å². The van der Waals surface area contributed by atoms with Gasteiger partial charge in [-0.15, -0.1) is 0 Å². The van der Waals surface area contributed by atoms with E-state index in [1.807, 2.05) is 0 Å². The zero-order valence-electron chi connectivity index (χ0n) is 8.09. The summed E-state index contributed by atoms with van der Waals surface area (Å²) in [5.74, 6) is -1.34. The number of imide groups is 1. The number of carbonyl (C=O) groups excluding carboxylic acids is 2. The van der Waals surface area contributed by atoms with E-state index in [0.717, 1.165) is 0 Å². The molecule has 1 aliphatic heterocycles. The first-order chi connectivity index (χ1) is 7.56. The van der Waals surface area contributed by atoms with E-state index in [0.29, 0.717) is 5.02 Å². The molecule has 82 valence electrons. The summed E-state index contributed by atoms with van der Waals surface area (Å²) in [4.78, 5) is 22.1. The summed E-state index contributed by atoms with van der Waals surface area (Å²) in [6.07, 6.45) is 1.31. The maximum atomic E-state index is 13.3. The molecule has 0 bridgehead atoms. The third-order valence-corrected chi connectivity index (χ3v) is 2.42. The van der Waals surface area contributed by atoms with Gasteiger partial charge in [-0.2, -0.15) is 0 Å². The van der Waals surface area contributed by atoms with Crippen LogP contribution in [-0.4, -0.2) is 11.8 Å². The second-order valence-corrected chi connectivity index (χ2v) is 3.83. The number of hydrogen-bond acceptors (Lipinski definition) is 2. The summed E-state index contributed by atoms with van der Waals surface area (Å²) in [5, 5.41) is 2.49. The third-order valence-electron chi connectivity index (χ3n) is 2.18. The zero-order valence-corrected chi connectivity index (χ0v) is 8.84. The molecule has 0 aromatic heterocycles. The Bertz CT molecular complexity index is 511. The van der Waals surface area contributed by atoms with Crippen molar-refractivity contribution in [3.8, 4) is 0 Å². The SMILES string of the molecule is O=C1C/C(=C/c2cc(Cl)ccc2F)C(=O)N1. The minimum atomic E-state index is -0.482. The number of rotatable bonds is 1. The maximum absolute atomic E-state index is 13.3. The number of halogens is 2. The van der Waals surface area contributed by atoms with E-state index in [1.165, 1.54) is 24.3 Å². The molecule has 2 rings (SSSR count). The average molecular weight is 240 g/mol. The zero-order chi connectivity index (χ0) is 11.7. The summed E-state index contributed by atoms with van der Waals surface area (Å²) in [7, 11) is 0. The van der Waals surface area contributed by atoms with Gasteiger partial charge in [-0.05, 0) is 24.3 Å². The van der Waals surface area contributed by atoms with Crippen molar-refractivity contribution in [2.45, 2.75) is 6.42 Å². The Kier molecular flexibility index (Phi) is 2.75. The van der Waals surface area contributed by atoms with E-state index in [9.17, 15) is 14.0 Å². The second-order valence-electron chi connectivity index (χ2n) is 3.39. The summed E-state index contributed by atoms with van der Waals surface area (Å²) in [6, 6.07) is 4.03. The number of carbonyl (C=O) groups is 2. The van der Waals surface area contributed by atoms with E-state index >= 15 is 0 Å². The van der Waals surface area contributed by atoms with Gasteiger partial charge in [0.2, 0.25) is 5.91 Å². The van der Waals surface area contributed by atoms with E-state index < -0.39 is 11.7 Å². The van der Waals surface area contributed by atoms with Crippen molar-refractivity contribution in [3.05, 3.63) is 40.2 Å². The summed E-state index contributed by atoms with van der Waals surface area (Å²) in [6.45, 7) is 0. The molecule has 1 saturated heterocycles. The van der Waals surface area contributed by atoms with Crippen molar-refractivity contribution in [2.75, 3.05) is 0 Å². The van der Waals surface area contributed by atoms with E-state index in [1.54, 1.807) is 0 Å². The highest BCUT2D eigenvalue weighted by molar-refractivity contribution is 6.30. The van der Waals surface area contributed by atoms with Crippen molar-refractivity contribution in [1.29, 1.82) is 0 Å². The molecule has 0 unspecified atom stereocenters. The van der Waals surface area contributed by atoms with Crippen LogP contribution in [0.1, 0.15) is 12.0 Å². The molecule has 1 heterocycles. The standard InChI is InChI=1S/C11H7ClFNO2/c12-8-1-2-9(13)6(4-8)3-7-5-10(15)14-11(7)16/h1-4H,5H2,(H,14,15,16)/b7-3-. The molecule has 0 aliphatic carbocycles. The van der Waals surface area contributed by atoms with Gasteiger partial charge in [0.25, 0.3) is 5.91 Å². The highest BCUT2D eigenvalue weighted by atomic mass is 35.5. The van der Waals surface area contributed by atoms with Gasteiger partial charge < -0.3 is 0 Å². The molecule has 2 amide bonds. The van der Waals surface area contributed by atoms with Crippen LogP contribution in [0.4, 0.5) is 4.39 Å². The lowest BCUT2D eigenvalue weighted by Gasteiger charge is -1.98. The van der Waals surface area contributed by atoms with Gasteiger partial charge in [-0.3, -0.25) is 14.9 Å². The lowest BCUT2D eigenvalue weighted by Crippen LogP contribution is -2.19. The third kappa shape index (κ3) is 2.12. The highest BCUT2D eigenvalue weighted by Crippen LogP contribution is 2.20. The Balaban J connectivity index is 2.39. The molecule has 1 aromatic rings. The van der Waals surface area contributed by atoms with E-state index in [-0.39, 0.29) is 23.5 Å². The number of hydrogen-bond donors (Lipinski definition) is 1. The number of benzene rings is 1. The molecule has 1 aromatic carbocycles. The largest absolute Gasteiger partial charge is 0.292 e. The van der Waals surface area contributed by atoms with Crippen LogP contribution >= 0.6 is 11.6 Å². The molecule has 0 atom stereocenters. The summed E-state index contributed by atoms with van der Waals surface area (Å²) >= 11 is 5.70. The van der Waals surface area contributed by atoms with E-state index in [2.05, 4.69) is 5.32 Å². The molecule has 0 spiro atoms. The predicted molar refractivity (Wildman–Crippen MR) is 57.2 cm³/mol. The minimum Gasteiger partial charge on any atom is -0.292 e. The van der Waals surface area contributed by atoms with Crippen LogP contribution in [0.15, 0.2) is 23.8 Å². The molecule has 1 fully saturated rings. The van der Waals surface area contributed by atoms with Gasteiger partial charge in [0.15, 0.2) is 0 Å². The molecule has 5 heteroatoms. The highest BCUT2D eigenvalue weighted by Gasteiger charge is 2.23. The molecule has 1 N–H and O–H groups in total. The summed E-state index contributed by atoms with van der Waals surface area (Å²) < 4.78 is 13.3.